The molecule has 0 saturated carbocycles. The van der Waals surface area contributed by atoms with Crippen molar-refractivity contribution in [3.63, 3.8) is 0 Å². The van der Waals surface area contributed by atoms with Gasteiger partial charge >= 0.3 is 0 Å². The van der Waals surface area contributed by atoms with Gasteiger partial charge in [0.2, 0.25) is 5.91 Å². The van der Waals surface area contributed by atoms with Crippen LogP contribution in [-0.4, -0.2) is 29.0 Å². The van der Waals surface area contributed by atoms with Gasteiger partial charge in [-0.2, -0.15) is 0 Å². The number of hydrogen-bond acceptors (Lipinski definition) is 5. The summed E-state index contributed by atoms with van der Waals surface area (Å²) >= 11 is 1.09. The molecule has 1 N–H and O–H groups in total. The molecule has 5 rings (SSSR count). The topological polar surface area (TPSA) is 81.1 Å². The molecule has 1 heterocycles. The number of imidazole rings is 1. The first-order chi connectivity index (χ1) is 17.3. The quantitative estimate of drug-likeness (QED) is 0.258. The van der Waals surface area contributed by atoms with Crippen LogP contribution in [0.5, 0.6) is 0 Å². The molecule has 5 aromatic rings. The number of thioether (sulfide) groups is 1. The summed E-state index contributed by atoms with van der Waals surface area (Å²) in [5, 5.41) is 4.91. The minimum absolute atomic E-state index is 0.0164. The third kappa shape index (κ3) is 4.74. The Balaban J connectivity index is 1.44. The van der Waals surface area contributed by atoms with Crippen LogP contribution in [0.4, 0.5) is 5.69 Å². The van der Waals surface area contributed by atoms with E-state index in [1.54, 1.807) is 36.4 Å². The number of carbonyl (C=O) groups excluding carboxylic acids is 1. The first-order valence-electron chi connectivity index (χ1n) is 11.6. The summed E-state index contributed by atoms with van der Waals surface area (Å²) in [6, 6.07) is 27.5. The number of fused-ring (bicyclic) bond motifs is 2. The number of rotatable bonds is 7. The summed E-state index contributed by atoms with van der Waals surface area (Å²) in [6.45, 7) is 4.23. The predicted octanol–water partition coefficient (Wildman–Crippen LogP) is 6.28. The molecule has 0 spiro atoms. The van der Waals surface area contributed by atoms with Gasteiger partial charge in [0.1, 0.15) is 0 Å². The Morgan fingerprint density at radius 2 is 1.61 bits per heavy atom. The second-order valence-electron chi connectivity index (χ2n) is 8.78. The van der Waals surface area contributed by atoms with Crippen LogP contribution in [0.2, 0.25) is 0 Å². The van der Waals surface area contributed by atoms with E-state index in [-0.39, 0.29) is 21.7 Å². The van der Waals surface area contributed by atoms with E-state index in [1.807, 2.05) is 54.6 Å². The van der Waals surface area contributed by atoms with Crippen LogP contribution in [0.15, 0.2) is 101 Å². The van der Waals surface area contributed by atoms with Gasteiger partial charge in [0.25, 0.3) is 10.0 Å². The molecule has 182 valence electrons. The van der Waals surface area contributed by atoms with Crippen molar-refractivity contribution in [2.45, 2.75) is 29.8 Å². The van der Waals surface area contributed by atoms with E-state index >= 15 is 0 Å². The lowest BCUT2D eigenvalue weighted by Crippen LogP contribution is -2.17. The monoisotopic (exact) mass is 515 g/mol. The van der Waals surface area contributed by atoms with E-state index in [0.717, 1.165) is 22.5 Å². The Hall–Kier alpha value is -3.62. The Labute approximate surface area is 214 Å². The highest BCUT2D eigenvalue weighted by Gasteiger charge is 2.25. The van der Waals surface area contributed by atoms with Crippen molar-refractivity contribution in [2.75, 3.05) is 11.1 Å². The molecule has 8 heteroatoms. The van der Waals surface area contributed by atoms with Gasteiger partial charge in [-0.25, -0.2) is 17.4 Å². The molecule has 6 nitrogen and oxygen atoms in total. The number of aromatic nitrogens is 2. The second-order valence-corrected chi connectivity index (χ2v) is 11.5. The third-order valence-electron chi connectivity index (χ3n) is 5.94. The van der Waals surface area contributed by atoms with Crippen molar-refractivity contribution in [1.29, 1.82) is 0 Å². The maximum absolute atomic E-state index is 13.8. The number of hydrogen-bond donors (Lipinski definition) is 1. The molecule has 0 bridgehead atoms. The number of amides is 1. The minimum atomic E-state index is -3.96. The maximum Gasteiger partial charge on any atom is 0.270 e. The normalized spacial score (nSPS) is 11.9. The van der Waals surface area contributed by atoms with Crippen molar-refractivity contribution >= 4 is 55.2 Å². The molecular formula is C28H25N3O3S2. The molecule has 0 saturated heterocycles. The molecule has 0 radical (unpaired) electrons. The molecule has 36 heavy (non-hydrogen) atoms. The van der Waals surface area contributed by atoms with Crippen LogP contribution in [0.1, 0.15) is 25.3 Å². The highest BCUT2D eigenvalue weighted by atomic mass is 32.2. The zero-order valence-electron chi connectivity index (χ0n) is 19.9. The van der Waals surface area contributed by atoms with E-state index in [9.17, 15) is 13.2 Å². The number of nitrogens with zero attached hydrogens (tertiary/aromatic N) is 2. The van der Waals surface area contributed by atoms with Crippen molar-refractivity contribution < 1.29 is 13.2 Å². The lowest BCUT2D eigenvalue weighted by atomic mass is 10.0. The molecule has 4 aromatic carbocycles. The first-order valence-corrected chi connectivity index (χ1v) is 14.0. The highest BCUT2D eigenvalue weighted by Crippen LogP contribution is 2.30. The second kappa shape index (κ2) is 9.79. The lowest BCUT2D eigenvalue weighted by molar-refractivity contribution is -0.113. The van der Waals surface area contributed by atoms with E-state index < -0.39 is 10.0 Å². The molecule has 0 aliphatic heterocycles. The van der Waals surface area contributed by atoms with Crippen molar-refractivity contribution in [1.82, 2.24) is 8.96 Å². The van der Waals surface area contributed by atoms with Crippen LogP contribution >= 0.6 is 11.8 Å². The largest absolute Gasteiger partial charge is 0.325 e. The molecule has 1 aromatic heterocycles. The third-order valence-corrected chi connectivity index (χ3v) is 8.70. The summed E-state index contributed by atoms with van der Waals surface area (Å²) in [5.74, 6) is 0.185. The molecule has 0 atom stereocenters. The van der Waals surface area contributed by atoms with Crippen LogP contribution < -0.4 is 5.32 Å². The maximum atomic E-state index is 13.8. The molecule has 1 amide bonds. The van der Waals surface area contributed by atoms with Crippen molar-refractivity contribution in [3.05, 3.63) is 96.6 Å². The van der Waals surface area contributed by atoms with Crippen LogP contribution in [-0.2, 0) is 14.8 Å². The van der Waals surface area contributed by atoms with Crippen LogP contribution in [0.3, 0.4) is 0 Å². The zero-order chi connectivity index (χ0) is 25.3. The molecule has 0 fully saturated rings. The number of para-hydroxylation sites is 2. The smallest absolute Gasteiger partial charge is 0.270 e. The Morgan fingerprint density at radius 3 is 2.36 bits per heavy atom. The molecule has 0 aliphatic carbocycles. The van der Waals surface area contributed by atoms with Gasteiger partial charge in [0.05, 0.1) is 21.7 Å². The fourth-order valence-electron chi connectivity index (χ4n) is 4.02. The average Bonchev–Trinajstić information content (AvgIpc) is 3.27. The van der Waals surface area contributed by atoms with E-state index in [0.29, 0.717) is 22.6 Å². The van der Waals surface area contributed by atoms with E-state index in [4.69, 9.17) is 0 Å². The number of anilines is 1. The fourth-order valence-corrected chi connectivity index (χ4v) is 6.57. The van der Waals surface area contributed by atoms with Gasteiger partial charge in [-0.05, 0) is 58.7 Å². The van der Waals surface area contributed by atoms with Gasteiger partial charge in [-0.15, -0.1) is 0 Å². The van der Waals surface area contributed by atoms with Crippen molar-refractivity contribution in [3.8, 4) is 0 Å². The summed E-state index contributed by atoms with van der Waals surface area (Å²) in [4.78, 5) is 17.4. The zero-order valence-corrected chi connectivity index (χ0v) is 21.5. The Morgan fingerprint density at radius 1 is 0.917 bits per heavy atom. The van der Waals surface area contributed by atoms with Gasteiger partial charge < -0.3 is 5.32 Å². The summed E-state index contributed by atoms with van der Waals surface area (Å²) in [7, 11) is -3.96. The molecular weight excluding hydrogens is 490 g/mol. The Kier molecular flexibility index (Phi) is 6.55. The van der Waals surface area contributed by atoms with Gasteiger partial charge in [0.15, 0.2) is 5.16 Å². The summed E-state index contributed by atoms with van der Waals surface area (Å²) < 4.78 is 28.8. The first kappa shape index (κ1) is 24.1. The molecule has 0 aliphatic rings. The fraction of sp³-hybridized carbons (Fsp3) is 0.143. The van der Waals surface area contributed by atoms with Gasteiger partial charge in [-0.1, -0.05) is 80.2 Å². The lowest BCUT2D eigenvalue weighted by Gasteiger charge is -2.11. The van der Waals surface area contributed by atoms with Crippen LogP contribution in [0.25, 0.3) is 21.8 Å². The van der Waals surface area contributed by atoms with Gasteiger partial charge in [-0.3, -0.25) is 4.79 Å². The Bertz CT molecular complexity index is 1670. The minimum Gasteiger partial charge on any atom is -0.325 e. The number of carbonyl (C=O) groups is 1. The SMILES string of the molecule is CC(C)c1ccc(NC(=O)CSc2nc3ccccc3n2S(=O)(=O)c2ccc3ccccc3c2)cc1. The van der Waals surface area contributed by atoms with E-state index in [1.165, 1.54) is 9.54 Å². The standard InChI is InChI=1S/C28H25N3O3S2/c1-19(2)20-11-14-23(15-12-20)29-27(32)18-35-28-30-25-9-5-6-10-26(25)31(28)36(33,34)24-16-13-21-7-3-4-8-22(21)17-24/h3-17,19H,18H2,1-2H3,(H,29,32). The number of nitrogens with one attached hydrogen (secondary N) is 1. The summed E-state index contributed by atoms with van der Waals surface area (Å²) in [5.41, 5.74) is 2.91. The van der Waals surface area contributed by atoms with Crippen LogP contribution in [0, 0.1) is 0 Å². The summed E-state index contributed by atoms with van der Waals surface area (Å²) in [6.07, 6.45) is 0. The van der Waals surface area contributed by atoms with E-state index in [2.05, 4.69) is 24.1 Å². The average molecular weight is 516 g/mol. The van der Waals surface area contributed by atoms with Crippen molar-refractivity contribution in [2.24, 2.45) is 0 Å². The molecule has 0 unspecified atom stereocenters. The predicted molar refractivity (Wildman–Crippen MR) is 146 cm³/mol. The highest BCUT2D eigenvalue weighted by molar-refractivity contribution is 8.00. The number of benzene rings is 4. The van der Waals surface area contributed by atoms with Gasteiger partial charge in [0, 0.05) is 5.69 Å².